The molecule has 0 aromatic carbocycles. The van der Waals surface area contributed by atoms with Crippen LogP contribution in [0.5, 0.6) is 0 Å². The summed E-state index contributed by atoms with van der Waals surface area (Å²) in [6, 6.07) is 0.465. The van der Waals surface area contributed by atoms with Crippen LogP contribution in [0.1, 0.15) is 39.5 Å². The molecule has 0 saturated heterocycles. The van der Waals surface area contributed by atoms with Gasteiger partial charge in [-0.25, -0.2) is 0 Å². The molecule has 3 heteroatoms. The first kappa shape index (κ1) is 11.4. The Bertz CT molecular complexity index is 120. The Morgan fingerprint density at radius 2 is 1.83 bits per heavy atom. The van der Waals surface area contributed by atoms with Gasteiger partial charge >= 0.3 is 0 Å². The summed E-state index contributed by atoms with van der Waals surface area (Å²) >= 11 is 0. The summed E-state index contributed by atoms with van der Waals surface area (Å²) in [4.78, 5) is 10.5. The summed E-state index contributed by atoms with van der Waals surface area (Å²) in [7, 11) is 0. The molecule has 0 radical (unpaired) electrons. The van der Waals surface area contributed by atoms with E-state index in [-0.39, 0.29) is 5.91 Å². The van der Waals surface area contributed by atoms with Crippen LogP contribution in [0.4, 0.5) is 0 Å². The second-order valence-electron chi connectivity index (χ2n) is 3.12. The molecule has 0 unspecified atom stereocenters. The molecular weight excluding hydrogens is 152 g/mol. The van der Waals surface area contributed by atoms with Crippen LogP contribution in [0.2, 0.25) is 0 Å². The molecule has 0 aliphatic carbocycles. The Morgan fingerprint density at radius 3 is 2.17 bits per heavy atom. The summed E-state index contributed by atoms with van der Waals surface area (Å²) in [5.74, 6) is -0.271. The summed E-state index contributed by atoms with van der Waals surface area (Å²) in [6.45, 7) is 4.61. The molecule has 0 saturated carbocycles. The molecule has 12 heavy (non-hydrogen) atoms. The van der Waals surface area contributed by atoms with Gasteiger partial charge < -0.3 is 11.1 Å². The second-order valence-corrected chi connectivity index (χ2v) is 3.12. The third kappa shape index (κ3) is 6.16. The van der Waals surface area contributed by atoms with Gasteiger partial charge in [0.05, 0.1) is 6.54 Å². The number of carbonyl (C=O) groups excluding carboxylic acids is 1. The number of hydrogen-bond donors (Lipinski definition) is 2. The normalized spacial score (nSPS) is 10.6. The lowest BCUT2D eigenvalue weighted by Gasteiger charge is -2.15. The van der Waals surface area contributed by atoms with Gasteiger partial charge in [0.25, 0.3) is 0 Å². The van der Waals surface area contributed by atoms with Crippen molar-refractivity contribution in [2.45, 2.75) is 45.6 Å². The zero-order valence-electron chi connectivity index (χ0n) is 8.10. The van der Waals surface area contributed by atoms with E-state index in [2.05, 4.69) is 19.2 Å². The number of carbonyl (C=O) groups is 1. The molecule has 0 rings (SSSR count). The lowest BCUT2D eigenvalue weighted by molar-refractivity contribution is -0.117. The van der Waals surface area contributed by atoms with Crippen molar-refractivity contribution in [2.24, 2.45) is 5.73 Å². The largest absolute Gasteiger partial charge is 0.369 e. The lowest BCUT2D eigenvalue weighted by Crippen LogP contribution is -2.36. The molecule has 0 aromatic rings. The average Bonchev–Trinajstić information content (AvgIpc) is 2.01. The van der Waals surface area contributed by atoms with Crippen LogP contribution in [0.3, 0.4) is 0 Å². The van der Waals surface area contributed by atoms with Crippen LogP contribution in [0, 0.1) is 0 Å². The van der Waals surface area contributed by atoms with Gasteiger partial charge in [0, 0.05) is 6.04 Å². The molecule has 3 N–H and O–H groups in total. The highest BCUT2D eigenvalue weighted by atomic mass is 16.1. The van der Waals surface area contributed by atoms with E-state index in [0.717, 1.165) is 25.7 Å². The lowest BCUT2D eigenvalue weighted by atomic mass is 10.1. The van der Waals surface area contributed by atoms with Crippen LogP contribution >= 0.6 is 0 Å². The SMILES string of the molecule is CCCC(CCC)NCC(N)=O. The highest BCUT2D eigenvalue weighted by Gasteiger charge is 2.05. The second kappa shape index (κ2) is 7.10. The highest BCUT2D eigenvalue weighted by molar-refractivity contribution is 5.75. The number of rotatable bonds is 7. The van der Waals surface area contributed by atoms with Crippen LogP contribution in [0.25, 0.3) is 0 Å². The molecule has 0 fully saturated rings. The van der Waals surface area contributed by atoms with Gasteiger partial charge in [0.2, 0.25) is 5.91 Å². The standard InChI is InChI=1S/C9H20N2O/c1-3-5-8(6-4-2)11-7-9(10)12/h8,11H,3-7H2,1-2H3,(H2,10,12). The van der Waals surface area contributed by atoms with Crippen molar-refractivity contribution in [3.05, 3.63) is 0 Å². The Labute approximate surface area is 74.7 Å². The van der Waals surface area contributed by atoms with Crippen molar-refractivity contribution in [2.75, 3.05) is 6.54 Å². The van der Waals surface area contributed by atoms with Gasteiger partial charge in [-0.1, -0.05) is 26.7 Å². The Balaban J connectivity index is 3.54. The Kier molecular flexibility index (Phi) is 6.76. The van der Waals surface area contributed by atoms with Crippen LogP contribution in [-0.4, -0.2) is 18.5 Å². The zero-order valence-corrected chi connectivity index (χ0v) is 8.10. The number of hydrogen-bond acceptors (Lipinski definition) is 2. The van der Waals surface area contributed by atoms with Crippen molar-refractivity contribution in [3.8, 4) is 0 Å². The molecular formula is C9H20N2O. The minimum atomic E-state index is -0.271. The molecule has 0 spiro atoms. The number of nitrogens with two attached hydrogens (primary N) is 1. The Morgan fingerprint density at radius 1 is 1.33 bits per heavy atom. The third-order valence-electron chi connectivity index (χ3n) is 1.84. The van der Waals surface area contributed by atoms with Crippen LogP contribution in [0.15, 0.2) is 0 Å². The average molecular weight is 172 g/mol. The topological polar surface area (TPSA) is 55.1 Å². The fraction of sp³-hybridized carbons (Fsp3) is 0.889. The quantitative estimate of drug-likeness (QED) is 0.602. The van der Waals surface area contributed by atoms with Gasteiger partial charge in [-0.05, 0) is 12.8 Å². The number of primary amides is 1. The van der Waals surface area contributed by atoms with E-state index in [0.29, 0.717) is 12.6 Å². The van der Waals surface area contributed by atoms with Gasteiger partial charge in [-0.3, -0.25) is 4.79 Å². The maximum Gasteiger partial charge on any atom is 0.231 e. The zero-order chi connectivity index (χ0) is 9.40. The van der Waals surface area contributed by atoms with E-state index in [4.69, 9.17) is 5.73 Å². The van der Waals surface area contributed by atoms with Crippen LogP contribution < -0.4 is 11.1 Å². The predicted octanol–water partition coefficient (Wildman–Crippen LogP) is 1.03. The third-order valence-corrected chi connectivity index (χ3v) is 1.84. The fourth-order valence-electron chi connectivity index (χ4n) is 1.29. The first-order valence-electron chi connectivity index (χ1n) is 4.72. The first-order chi connectivity index (χ1) is 5.70. The minimum absolute atomic E-state index is 0.271. The fourth-order valence-corrected chi connectivity index (χ4v) is 1.29. The van der Waals surface area contributed by atoms with E-state index in [9.17, 15) is 4.79 Å². The van der Waals surface area contributed by atoms with Crippen LogP contribution in [-0.2, 0) is 4.79 Å². The van der Waals surface area contributed by atoms with Gasteiger partial charge in [-0.15, -0.1) is 0 Å². The Hall–Kier alpha value is -0.570. The molecule has 0 aromatic heterocycles. The van der Waals surface area contributed by atoms with Crippen molar-refractivity contribution >= 4 is 5.91 Å². The summed E-state index contributed by atoms with van der Waals surface area (Å²) in [5, 5.41) is 3.15. The smallest absolute Gasteiger partial charge is 0.231 e. The van der Waals surface area contributed by atoms with E-state index < -0.39 is 0 Å². The molecule has 72 valence electrons. The maximum atomic E-state index is 10.5. The van der Waals surface area contributed by atoms with Crippen molar-refractivity contribution in [3.63, 3.8) is 0 Å². The van der Waals surface area contributed by atoms with Gasteiger partial charge in [-0.2, -0.15) is 0 Å². The van der Waals surface area contributed by atoms with E-state index in [1.165, 1.54) is 0 Å². The van der Waals surface area contributed by atoms with E-state index in [1.807, 2.05) is 0 Å². The molecule has 3 nitrogen and oxygen atoms in total. The van der Waals surface area contributed by atoms with E-state index >= 15 is 0 Å². The predicted molar refractivity (Wildman–Crippen MR) is 50.8 cm³/mol. The molecule has 0 atom stereocenters. The maximum absolute atomic E-state index is 10.5. The summed E-state index contributed by atoms with van der Waals surface area (Å²) in [5.41, 5.74) is 5.03. The number of amides is 1. The molecule has 0 heterocycles. The van der Waals surface area contributed by atoms with Crippen molar-refractivity contribution in [1.29, 1.82) is 0 Å². The summed E-state index contributed by atoms with van der Waals surface area (Å²) in [6.07, 6.45) is 4.55. The highest BCUT2D eigenvalue weighted by Crippen LogP contribution is 2.03. The minimum Gasteiger partial charge on any atom is -0.369 e. The molecule has 0 aliphatic heterocycles. The molecule has 1 amide bonds. The monoisotopic (exact) mass is 172 g/mol. The molecule has 0 bridgehead atoms. The number of nitrogens with one attached hydrogen (secondary N) is 1. The van der Waals surface area contributed by atoms with Gasteiger partial charge in [0.1, 0.15) is 0 Å². The van der Waals surface area contributed by atoms with Crippen molar-refractivity contribution in [1.82, 2.24) is 5.32 Å². The molecule has 0 aliphatic rings. The van der Waals surface area contributed by atoms with E-state index in [1.54, 1.807) is 0 Å². The van der Waals surface area contributed by atoms with Crippen molar-refractivity contribution < 1.29 is 4.79 Å². The van der Waals surface area contributed by atoms with Gasteiger partial charge in [0.15, 0.2) is 0 Å². The summed E-state index contributed by atoms with van der Waals surface area (Å²) < 4.78 is 0. The first-order valence-corrected chi connectivity index (χ1v) is 4.72.